The lowest BCUT2D eigenvalue weighted by Gasteiger charge is -2.17. The molecule has 18 heavy (non-hydrogen) atoms. The number of benzene rings is 1. The van der Waals surface area contributed by atoms with Gasteiger partial charge in [-0.1, -0.05) is 28.1 Å². The molecule has 2 rings (SSSR count). The van der Waals surface area contributed by atoms with Gasteiger partial charge in [0.15, 0.2) is 0 Å². The number of hydrazine groups is 1. The standard InChI is InChI=1S/C12H16BrN5/c1-8-3-4-9(10(13)5-8)11(17-14)6-12-15-7-16-18(12)2/h3-5,7,11,17H,6,14H2,1-2H3. The van der Waals surface area contributed by atoms with Gasteiger partial charge >= 0.3 is 0 Å². The van der Waals surface area contributed by atoms with Gasteiger partial charge < -0.3 is 0 Å². The summed E-state index contributed by atoms with van der Waals surface area (Å²) >= 11 is 3.57. The number of hydrogen-bond donors (Lipinski definition) is 2. The lowest BCUT2D eigenvalue weighted by Crippen LogP contribution is -2.30. The van der Waals surface area contributed by atoms with Crippen molar-refractivity contribution in [2.24, 2.45) is 12.9 Å². The molecule has 0 radical (unpaired) electrons. The lowest BCUT2D eigenvalue weighted by atomic mass is 10.0. The zero-order valence-corrected chi connectivity index (χ0v) is 12.0. The maximum absolute atomic E-state index is 5.65. The summed E-state index contributed by atoms with van der Waals surface area (Å²) in [6.45, 7) is 2.06. The third-order valence-electron chi connectivity index (χ3n) is 2.92. The molecule has 0 amide bonds. The number of aryl methyl sites for hydroxylation is 2. The van der Waals surface area contributed by atoms with Gasteiger partial charge in [0, 0.05) is 17.9 Å². The van der Waals surface area contributed by atoms with Crippen LogP contribution in [0.15, 0.2) is 29.0 Å². The summed E-state index contributed by atoms with van der Waals surface area (Å²) in [7, 11) is 1.88. The van der Waals surface area contributed by atoms with Gasteiger partial charge in [-0.15, -0.1) is 0 Å². The van der Waals surface area contributed by atoms with Crippen LogP contribution in [0.25, 0.3) is 0 Å². The molecule has 5 nitrogen and oxygen atoms in total. The van der Waals surface area contributed by atoms with Crippen LogP contribution in [0.3, 0.4) is 0 Å². The van der Waals surface area contributed by atoms with Crippen molar-refractivity contribution in [2.75, 3.05) is 0 Å². The van der Waals surface area contributed by atoms with Crippen molar-refractivity contribution in [2.45, 2.75) is 19.4 Å². The zero-order chi connectivity index (χ0) is 13.1. The number of aromatic nitrogens is 3. The lowest BCUT2D eigenvalue weighted by molar-refractivity contribution is 0.521. The maximum atomic E-state index is 5.65. The van der Waals surface area contributed by atoms with Gasteiger partial charge in [-0.25, -0.2) is 4.98 Å². The highest BCUT2D eigenvalue weighted by atomic mass is 79.9. The van der Waals surface area contributed by atoms with E-state index in [0.717, 1.165) is 15.9 Å². The second kappa shape index (κ2) is 5.60. The van der Waals surface area contributed by atoms with E-state index in [0.29, 0.717) is 6.42 Å². The zero-order valence-electron chi connectivity index (χ0n) is 10.4. The average molecular weight is 310 g/mol. The SMILES string of the molecule is Cc1ccc(C(Cc2ncnn2C)NN)c(Br)c1. The fourth-order valence-corrected chi connectivity index (χ4v) is 2.63. The predicted octanol–water partition coefficient (Wildman–Crippen LogP) is 1.63. The maximum Gasteiger partial charge on any atom is 0.138 e. The van der Waals surface area contributed by atoms with Crippen LogP contribution in [0.2, 0.25) is 0 Å². The highest BCUT2D eigenvalue weighted by Gasteiger charge is 2.16. The Labute approximate surface area is 115 Å². The Kier molecular flexibility index (Phi) is 4.11. The van der Waals surface area contributed by atoms with Crippen molar-refractivity contribution in [3.8, 4) is 0 Å². The first-order valence-corrected chi connectivity index (χ1v) is 6.46. The van der Waals surface area contributed by atoms with Gasteiger partial charge in [-0.05, 0) is 24.1 Å². The van der Waals surface area contributed by atoms with Gasteiger partial charge in [0.05, 0.1) is 6.04 Å². The van der Waals surface area contributed by atoms with Gasteiger partial charge in [0.2, 0.25) is 0 Å². The molecule has 0 saturated heterocycles. The molecular formula is C12H16BrN5. The second-order valence-corrected chi connectivity index (χ2v) is 5.10. The topological polar surface area (TPSA) is 68.8 Å². The molecule has 3 N–H and O–H groups in total. The van der Waals surface area contributed by atoms with Crippen molar-refractivity contribution < 1.29 is 0 Å². The molecule has 1 heterocycles. The van der Waals surface area contributed by atoms with Crippen LogP contribution in [0.1, 0.15) is 23.0 Å². The Morgan fingerprint density at radius 1 is 1.50 bits per heavy atom. The van der Waals surface area contributed by atoms with Crippen LogP contribution in [0.5, 0.6) is 0 Å². The van der Waals surface area contributed by atoms with E-state index in [1.165, 1.54) is 5.56 Å². The molecule has 0 aliphatic heterocycles. The largest absolute Gasteiger partial charge is 0.271 e. The number of nitrogens with two attached hydrogens (primary N) is 1. The van der Waals surface area contributed by atoms with Crippen LogP contribution in [-0.4, -0.2) is 14.8 Å². The summed E-state index contributed by atoms with van der Waals surface area (Å²) in [5.41, 5.74) is 5.16. The van der Waals surface area contributed by atoms with E-state index >= 15 is 0 Å². The van der Waals surface area contributed by atoms with E-state index < -0.39 is 0 Å². The minimum Gasteiger partial charge on any atom is -0.271 e. The average Bonchev–Trinajstić information content (AvgIpc) is 2.73. The number of hydrogen-bond acceptors (Lipinski definition) is 4. The van der Waals surface area contributed by atoms with E-state index in [1.54, 1.807) is 11.0 Å². The van der Waals surface area contributed by atoms with Crippen LogP contribution < -0.4 is 11.3 Å². The summed E-state index contributed by atoms with van der Waals surface area (Å²) < 4.78 is 2.81. The van der Waals surface area contributed by atoms with Gasteiger partial charge in [0.25, 0.3) is 0 Å². The molecule has 0 saturated carbocycles. The van der Waals surface area contributed by atoms with Crippen molar-refractivity contribution in [3.63, 3.8) is 0 Å². The molecular weight excluding hydrogens is 294 g/mol. The van der Waals surface area contributed by atoms with E-state index in [-0.39, 0.29) is 6.04 Å². The van der Waals surface area contributed by atoms with Crippen LogP contribution >= 0.6 is 15.9 Å². The van der Waals surface area contributed by atoms with Crippen molar-refractivity contribution in [1.29, 1.82) is 0 Å². The summed E-state index contributed by atoms with van der Waals surface area (Å²) in [6.07, 6.45) is 2.24. The summed E-state index contributed by atoms with van der Waals surface area (Å²) in [4.78, 5) is 4.22. The number of nitrogens with zero attached hydrogens (tertiary/aromatic N) is 3. The number of rotatable bonds is 4. The van der Waals surface area contributed by atoms with Crippen LogP contribution in [-0.2, 0) is 13.5 Å². The van der Waals surface area contributed by atoms with E-state index in [9.17, 15) is 0 Å². The number of halogens is 1. The van der Waals surface area contributed by atoms with Crippen LogP contribution in [0.4, 0.5) is 0 Å². The fourth-order valence-electron chi connectivity index (χ4n) is 1.86. The first kappa shape index (κ1) is 13.2. The Hall–Kier alpha value is -1.24. The Balaban J connectivity index is 2.26. The minimum atomic E-state index is 0.00266. The molecule has 0 aliphatic carbocycles. The molecule has 1 unspecified atom stereocenters. The van der Waals surface area contributed by atoms with Crippen molar-refractivity contribution in [3.05, 3.63) is 46.0 Å². The van der Waals surface area contributed by atoms with Crippen LogP contribution in [0, 0.1) is 6.92 Å². The molecule has 1 aromatic carbocycles. The molecule has 0 fully saturated rings. The monoisotopic (exact) mass is 309 g/mol. The Morgan fingerprint density at radius 3 is 2.83 bits per heavy atom. The van der Waals surface area contributed by atoms with E-state index in [2.05, 4.69) is 56.6 Å². The fraction of sp³-hybridized carbons (Fsp3) is 0.333. The van der Waals surface area contributed by atoms with E-state index in [1.807, 2.05) is 7.05 Å². The smallest absolute Gasteiger partial charge is 0.138 e. The molecule has 6 heteroatoms. The normalized spacial score (nSPS) is 12.7. The van der Waals surface area contributed by atoms with Crippen molar-refractivity contribution >= 4 is 15.9 Å². The summed E-state index contributed by atoms with van der Waals surface area (Å²) in [5.74, 6) is 6.54. The molecule has 0 aliphatic rings. The van der Waals surface area contributed by atoms with E-state index in [4.69, 9.17) is 5.84 Å². The Morgan fingerprint density at radius 2 is 2.28 bits per heavy atom. The molecule has 96 valence electrons. The third-order valence-corrected chi connectivity index (χ3v) is 3.61. The molecule has 0 bridgehead atoms. The number of nitrogens with one attached hydrogen (secondary N) is 1. The first-order chi connectivity index (χ1) is 8.61. The van der Waals surface area contributed by atoms with Gasteiger partial charge in [0.1, 0.15) is 12.2 Å². The second-order valence-electron chi connectivity index (χ2n) is 4.25. The van der Waals surface area contributed by atoms with Gasteiger partial charge in [-0.3, -0.25) is 16.0 Å². The summed E-state index contributed by atoms with van der Waals surface area (Å²) in [6, 6.07) is 6.22. The quantitative estimate of drug-likeness (QED) is 0.665. The predicted molar refractivity (Wildman–Crippen MR) is 73.7 cm³/mol. The van der Waals surface area contributed by atoms with Gasteiger partial charge in [-0.2, -0.15) is 5.10 Å². The molecule has 1 aromatic heterocycles. The molecule has 0 spiro atoms. The molecule has 2 aromatic rings. The first-order valence-electron chi connectivity index (χ1n) is 5.67. The Bertz CT molecular complexity index is 537. The summed E-state index contributed by atoms with van der Waals surface area (Å²) in [5, 5.41) is 4.06. The third kappa shape index (κ3) is 2.77. The minimum absolute atomic E-state index is 0.00266. The highest BCUT2D eigenvalue weighted by molar-refractivity contribution is 9.10. The highest BCUT2D eigenvalue weighted by Crippen LogP contribution is 2.26. The molecule has 1 atom stereocenters. The van der Waals surface area contributed by atoms with Crippen molar-refractivity contribution in [1.82, 2.24) is 20.2 Å².